The van der Waals surface area contributed by atoms with Crippen LogP contribution in [-0.2, 0) is 4.74 Å². The lowest BCUT2D eigenvalue weighted by Gasteiger charge is -2.36. The van der Waals surface area contributed by atoms with Gasteiger partial charge in [-0.2, -0.15) is 0 Å². The molecule has 2 heterocycles. The number of rotatable bonds is 2. The molecule has 0 aromatic carbocycles. The predicted octanol–water partition coefficient (Wildman–Crippen LogP) is 3.75. The fourth-order valence-corrected chi connectivity index (χ4v) is 2.28. The Kier molecular flexibility index (Phi) is 9.42. The third-order valence-electron chi connectivity index (χ3n) is 3.03. The zero-order valence-electron chi connectivity index (χ0n) is 14.9. The van der Waals surface area contributed by atoms with Crippen molar-refractivity contribution in [3.05, 3.63) is 23.4 Å². The molecule has 1 aliphatic rings. The van der Waals surface area contributed by atoms with Gasteiger partial charge in [0, 0.05) is 13.1 Å². The first-order valence-corrected chi connectivity index (χ1v) is 8.08. The molecular formula is C17H30N2O3. The second-order valence-corrected chi connectivity index (χ2v) is 4.80. The van der Waals surface area contributed by atoms with Crippen LogP contribution in [0.3, 0.4) is 0 Å². The number of aryl methyl sites for hydroxylation is 1. The minimum absolute atomic E-state index is 0.124. The van der Waals surface area contributed by atoms with Crippen molar-refractivity contribution in [3.63, 3.8) is 0 Å². The number of morpholine rings is 1. The summed E-state index contributed by atoms with van der Waals surface area (Å²) in [6.45, 7) is 15.2. The normalized spacial score (nSPS) is 20.2. The maximum absolute atomic E-state index is 11.1. The number of carboxylic acids is 1. The van der Waals surface area contributed by atoms with Crippen LogP contribution >= 0.6 is 0 Å². The van der Waals surface area contributed by atoms with Crippen molar-refractivity contribution in [2.24, 2.45) is 0 Å². The largest absolute Gasteiger partial charge is 0.477 e. The predicted molar refractivity (Wildman–Crippen MR) is 90.9 cm³/mol. The summed E-state index contributed by atoms with van der Waals surface area (Å²) in [5.41, 5.74) is 0.805. The van der Waals surface area contributed by atoms with Crippen LogP contribution in [0.5, 0.6) is 0 Å². The number of pyridine rings is 1. The van der Waals surface area contributed by atoms with Crippen molar-refractivity contribution in [1.82, 2.24) is 4.98 Å². The lowest BCUT2D eigenvalue weighted by atomic mass is 10.2. The molecule has 2 atom stereocenters. The second kappa shape index (κ2) is 10.2. The number of ether oxygens (including phenoxy) is 1. The highest BCUT2D eigenvalue weighted by molar-refractivity contribution is 5.87. The van der Waals surface area contributed by atoms with Gasteiger partial charge in [-0.1, -0.05) is 33.8 Å². The molecule has 0 saturated carbocycles. The number of carbonyl (C=O) groups is 1. The molecule has 0 radical (unpaired) electrons. The van der Waals surface area contributed by atoms with Gasteiger partial charge in [-0.25, -0.2) is 9.78 Å². The Morgan fingerprint density at radius 3 is 2.14 bits per heavy atom. The Morgan fingerprint density at radius 2 is 1.68 bits per heavy atom. The van der Waals surface area contributed by atoms with Crippen LogP contribution in [0.25, 0.3) is 0 Å². The Hall–Kier alpha value is -1.62. The van der Waals surface area contributed by atoms with Crippen LogP contribution in [0, 0.1) is 6.92 Å². The van der Waals surface area contributed by atoms with E-state index in [1.54, 1.807) is 13.0 Å². The summed E-state index contributed by atoms with van der Waals surface area (Å²) in [4.78, 5) is 17.4. The van der Waals surface area contributed by atoms with E-state index >= 15 is 0 Å². The molecule has 0 spiro atoms. The molecule has 1 aromatic heterocycles. The van der Waals surface area contributed by atoms with Gasteiger partial charge in [-0.05, 0) is 32.4 Å². The topological polar surface area (TPSA) is 62.7 Å². The molecule has 22 heavy (non-hydrogen) atoms. The molecule has 5 heteroatoms. The van der Waals surface area contributed by atoms with Crippen LogP contribution in [-0.4, -0.2) is 41.4 Å². The Labute approximate surface area is 134 Å². The number of aromatic nitrogens is 1. The maximum atomic E-state index is 11.1. The van der Waals surface area contributed by atoms with E-state index in [1.165, 1.54) is 0 Å². The smallest absolute Gasteiger partial charge is 0.354 e. The van der Waals surface area contributed by atoms with Crippen LogP contribution in [0.2, 0.25) is 0 Å². The summed E-state index contributed by atoms with van der Waals surface area (Å²) in [5, 5.41) is 9.09. The SMILES string of the molecule is CC.CC.Cc1ccc(N2CC(C)OC(C)C2)nc1C(=O)O. The highest BCUT2D eigenvalue weighted by Gasteiger charge is 2.24. The first-order valence-electron chi connectivity index (χ1n) is 8.08. The summed E-state index contributed by atoms with van der Waals surface area (Å²) in [6, 6.07) is 3.67. The highest BCUT2D eigenvalue weighted by atomic mass is 16.5. The fraction of sp³-hybridized carbons (Fsp3) is 0.647. The average molecular weight is 310 g/mol. The number of anilines is 1. The number of nitrogens with zero attached hydrogens (tertiary/aromatic N) is 2. The molecular weight excluding hydrogens is 280 g/mol. The molecule has 2 unspecified atom stereocenters. The maximum Gasteiger partial charge on any atom is 0.354 e. The van der Waals surface area contributed by atoms with E-state index in [0.717, 1.165) is 13.1 Å². The van der Waals surface area contributed by atoms with Crippen molar-refractivity contribution in [2.45, 2.75) is 60.7 Å². The van der Waals surface area contributed by atoms with Gasteiger partial charge in [0.1, 0.15) is 5.82 Å². The fourth-order valence-electron chi connectivity index (χ4n) is 2.28. The number of hydrogen-bond acceptors (Lipinski definition) is 4. The molecule has 1 saturated heterocycles. The average Bonchev–Trinajstić information content (AvgIpc) is 2.50. The molecule has 1 N–H and O–H groups in total. The van der Waals surface area contributed by atoms with Crippen molar-refractivity contribution >= 4 is 11.8 Å². The molecule has 5 nitrogen and oxygen atoms in total. The molecule has 1 aliphatic heterocycles. The first-order chi connectivity index (χ1) is 10.5. The summed E-state index contributed by atoms with van der Waals surface area (Å²) < 4.78 is 5.65. The molecule has 0 amide bonds. The molecule has 1 aromatic rings. The third-order valence-corrected chi connectivity index (χ3v) is 3.03. The van der Waals surface area contributed by atoms with Gasteiger partial charge in [0.2, 0.25) is 0 Å². The van der Waals surface area contributed by atoms with E-state index in [0.29, 0.717) is 11.4 Å². The monoisotopic (exact) mass is 310 g/mol. The van der Waals surface area contributed by atoms with Crippen molar-refractivity contribution in [3.8, 4) is 0 Å². The van der Waals surface area contributed by atoms with E-state index < -0.39 is 5.97 Å². The summed E-state index contributed by atoms with van der Waals surface area (Å²) in [7, 11) is 0. The third kappa shape index (κ3) is 5.64. The number of hydrogen-bond donors (Lipinski definition) is 1. The van der Waals surface area contributed by atoms with Gasteiger partial charge in [0.25, 0.3) is 0 Å². The molecule has 1 fully saturated rings. The van der Waals surface area contributed by atoms with E-state index in [2.05, 4.69) is 9.88 Å². The van der Waals surface area contributed by atoms with Crippen LogP contribution < -0.4 is 4.90 Å². The minimum atomic E-state index is -0.983. The van der Waals surface area contributed by atoms with E-state index in [-0.39, 0.29) is 17.9 Å². The van der Waals surface area contributed by atoms with Crippen molar-refractivity contribution in [2.75, 3.05) is 18.0 Å². The Balaban J connectivity index is 0.00000102. The van der Waals surface area contributed by atoms with Crippen LogP contribution in [0.1, 0.15) is 57.6 Å². The zero-order valence-corrected chi connectivity index (χ0v) is 14.9. The Bertz CT molecular complexity index is 453. The standard InChI is InChI=1S/C13H18N2O3.2C2H6/c1-8-4-5-11(14-12(8)13(16)17)15-6-9(2)18-10(3)7-15;2*1-2/h4-5,9-10H,6-7H2,1-3H3,(H,16,17);2*1-2H3. The van der Waals surface area contributed by atoms with Gasteiger partial charge in [0.05, 0.1) is 12.2 Å². The lowest BCUT2D eigenvalue weighted by Crippen LogP contribution is -2.46. The number of aromatic carboxylic acids is 1. The zero-order chi connectivity index (χ0) is 17.3. The quantitative estimate of drug-likeness (QED) is 0.901. The second-order valence-electron chi connectivity index (χ2n) is 4.80. The van der Waals surface area contributed by atoms with Crippen LogP contribution in [0.15, 0.2) is 12.1 Å². The van der Waals surface area contributed by atoms with Crippen LogP contribution in [0.4, 0.5) is 5.82 Å². The van der Waals surface area contributed by atoms with Crippen molar-refractivity contribution < 1.29 is 14.6 Å². The number of carboxylic acid groups (broad SMARTS) is 1. The molecule has 126 valence electrons. The summed E-state index contributed by atoms with van der Waals surface area (Å²) >= 11 is 0. The van der Waals surface area contributed by atoms with Gasteiger partial charge in [-0.3, -0.25) is 0 Å². The van der Waals surface area contributed by atoms with Gasteiger partial charge < -0.3 is 14.7 Å². The van der Waals surface area contributed by atoms with Gasteiger partial charge >= 0.3 is 5.97 Å². The first kappa shape index (κ1) is 20.4. The van der Waals surface area contributed by atoms with Crippen molar-refractivity contribution in [1.29, 1.82) is 0 Å². The van der Waals surface area contributed by atoms with E-state index in [4.69, 9.17) is 9.84 Å². The molecule has 2 rings (SSSR count). The van der Waals surface area contributed by atoms with E-state index in [1.807, 2.05) is 47.6 Å². The highest BCUT2D eigenvalue weighted by Crippen LogP contribution is 2.20. The van der Waals surface area contributed by atoms with E-state index in [9.17, 15) is 4.79 Å². The molecule has 0 bridgehead atoms. The Morgan fingerprint density at radius 1 is 1.18 bits per heavy atom. The lowest BCUT2D eigenvalue weighted by molar-refractivity contribution is -0.00546. The van der Waals surface area contributed by atoms with Gasteiger partial charge in [-0.15, -0.1) is 0 Å². The van der Waals surface area contributed by atoms with Gasteiger partial charge in [0.15, 0.2) is 5.69 Å². The molecule has 0 aliphatic carbocycles. The summed E-state index contributed by atoms with van der Waals surface area (Å²) in [6.07, 6.45) is 0.260. The minimum Gasteiger partial charge on any atom is -0.477 e. The summed E-state index contributed by atoms with van der Waals surface area (Å²) in [5.74, 6) is -0.274.